The van der Waals surface area contributed by atoms with Crippen molar-refractivity contribution in [1.29, 1.82) is 0 Å². The van der Waals surface area contributed by atoms with Gasteiger partial charge in [-0.3, -0.25) is 9.48 Å². The summed E-state index contributed by atoms with van der Waals surface area (Å²) in [6.07, 6.45) is 8.40. The Morgan fingerprint density at radius 3 is 2.78 bits per heavy atom. The predicted molar refractivity (Wildman–Crippen MR) is 143 cm³/mol. The van der Waals surface area contributed by atoms with Gasteiger partial charge in [-0.15, -0.1) is 0 Å². The van der Waals surface area contributed by atoms with E-state index in [1.165, 1.54) is 18.9 Å². The molecule has 0 spiro atoms. The van der Waals surface area contributed by atoms with E-state index in [0.29, 0.717) is 17.4 Å². The molecule has 1 aliphatic carbocycles. The fraction of sp³-hybridized carbons (Fsp3) is 0.552. The first-order valence-electron chi connectivity index (χ1n) is 13.7. The number of aryl methyl sites for hydroxylation is 1. The molecular weight excluding hydrogens is 469 g/mol. The second-order valence-electron chi connectivity index (χ2n) is 10.7. The third-order valence-corrected chi connectivity index (χ3v) is 7.81. The van der Waals surface area contributed by atoms with Gasteiger partial charge in [-0.2, -0.15) is 5.10 Å². The van der Waals surface area contributed by atoms with Gasteiger partial charge in [0.05, 0.1) is 11.1 Å². The number of ether oxygens (including phenoxy) is 1. The lowest BCUT2D eigenvalue weighted by molar-refractivity contribution is 0.0921. The highest BCUT2D eigenvalue weighted by Gasteiger charge is 2.25. The highest BCUT2D eigenvalue weighted by molar-refractivity contribution is 6.06. The number of rotatable bonds is 8. The van der Waals surface area contributed by atoms with E-state index in [2.05, 4.69) is 26.4 Å². The Balaban J connectivity index is 1.06. The standard InChI is InChI=1S/C29H38FN5O2/c1-20(30)19-37-28-11-8-22-13-16-35(17-14-26(22)32-28)15-12-21-6-9-23(10-7-21)31-29(36)24-4-3-5-27-25(24)18-34(2)33-27/h3-5,8,11,18,20-21,23H,6-7,9-10,12-17,19H2,1-2H3,(H,31,36). The van der Waals surface area contributed by atoms with Crippen LogP contribution in [-0.2, 0) is 19.9 Å². The molecule has 0 saturated heterocycles. The molecule has 1 aromatic carbocycles. The highest BCUT2D eigenvalue weighted by atomic mass is 19.1. The van der Waals surface area contributed by atoms with E-state index in [9.17, 15) is 9.18 Å². The number of hydrogen-bond acceptors (Lipinski definition) is 5. The van der Waals surface area contributed by atoms with Crippen LogP contribution in [0.5, 0.6) is 5.88 Å². The first kappa shape index (κ1) is 25.6. The minimum absolute atomic E-state index is 0.00700. The number of hydrogen-bond donors (Lipinski definition) is 1. The fourth-order valence-electron chi connectivity index (χ4n) is 5.70. The van der Waals surface area contributed by atoms with Gasteiger partial charge < -0.3 is 15.0 Å². The number of carbonyl (C=O) groups is 1. The average molecular weight is 508 g/mol. The van der Waals surface area contributed by atoms with Gasteiger partial charge in [0.15, 0.2) is 0 Å². The molecular formula is C29H38FN5O2. The summed E-state index contributed by atoms with van der Waals surface area (Å²) in [5.74, 6) is 1.24. The second-order valence-corrected chi connectivity index (χ2v) is 10.7. The van der Waals surface area contributed by atoms with E-state index >= 15 is 0 Å². The monoisotopic (exact) mass is 507 g/mol. The lowest BCUT2D eigenvalue weighted by Gasteiger charge is -2.30. The van der Waals surface area contributed by atoms with Gasteiger partial charge in [0.2, 0.25) is 5.88 Å². The third kappa shape index (κ3) is 6.47. The molecule has 1 atom stereocenters. The van der Waals surface area contributed by atoms with Gasteiger partial charge >= 0.3 is 0 Å². The van der Waals surface area contributed by atoms with Gasteiger partial charge in [0.25, 0.3) is 5.91 Å². The number of aromatic nitrogens is 3. The minimum Gasteiger partial charge on any atom is -0.475 e. The summed E-state index contributed by atoms with van der Waals surface area (Å²) in [4.78, 5) is 20.2. The van der Waals surface area contributed by atoms with Crippen LogP contribution in [0.2, 0.25) is 0 Å². The highest BCUT2D eigenvalue weighted by Crippen LogP contribution is 2.28. The Kier molecular flexibility index (Phi) is 8.03. The van der Waals surface area contributed by atoms with Crippen LogP contribution in [0, 0.1) is 5.92 Å². The van der Waals surface area contributed by atoms with Crippen LogP contribution in [0.1, 0.15) is 60.6 Å². The molecule has 1 saturated carbocycles. The Morgan fingerprint density at radius 1 is 1.16 bits per heavy atom. The summed E-state index contributed by atoms with van der Waals surface area (Å²) in [6, 6.07) is 9.93. The SMILES string of the molecule is CC(F)COc1ccc2c(n1)CCN(CCC1CCC(NC(=O)c3cccc4nn(C)cc34)CC1)CC2. The van der Waals surface area contributed by atoms with Crippen LogP contribution in [-0.4, -0.2) is 64.0 Å². The fourth-order valence-corrected chi connectivity index (χ4v) is 5.70. The molecule has 1 fully saturated rings. The molecule has 3 aromatic rings. The van der Waals surface area contributed by atoms with E-state index in [0.717, 1.165) is 74.8 Å². The van der Waals surface area contributed by atoms with Crippen molar-refractivity contribution in [3.63, 3.8) is 0 Å². The van der Waals surface area contributed by atoms with Crippen molar-refractivity contribution in [3.8, 4) is 5.88 Å². The Hall–Kier alpha value is -3.00. The zero-order valence-corrected chi connectivity index (χ0v) is 22.0. The quantitative estimate of drug-likeness (QED) is 0.487. The van der Waals surface area contributed by atoms with Crippen LogP contribution >= 0.6 is 0 Å². The van der Waals surface area contributed by atoms with Gasteiger partial charge in [-0.25, -0.2) is 9.37 Å². The first-order chi connectivity index (χ1) is 17.9. The Morgan fingerprint density at radius 2 is 1.97 bits per heavy atom. The number of carbonyl (C=O) groups excluding carboxylic acids is 1. The summed E-state index contributed by atoms with van der Waals surface area (Å²) >= 11 is 0. The number of alkyl halides is 1. The molecule has 8 heteroatoms. The van der Waals surface area contributed by atoms with E-state index in [-0.39, 0.29) is 18.6 Å². The first-order valence-corrected chi connectivity index (χ1v) is 13.7. The number of nitrogens with one attached hydrogen (secondary N) is 1. The van der Waals surface area contributed by atoms with Crippen LogP contribution < -0.4 is 10.1 Å². The van der Waals surface area contributed by atoms with E-state index in [1.807, 2.05) is 37.5 Å². The zero-order chi connectivity index (χ0) is 25.8. The van der Waals surface area contributed by atoms with Crippen molar-refractivity contribution in [2.75, 3.05) is 26.2 Å². The van der Waals surface area contributed by atoms with E-state index < -0.39 is 6.17 Å². The Labute approximate surface area is 218 Å². The number of fused-ring (bicyclic) bond motifs is 2. The lowest BCUT2D eigenvalue weighted by atomic mass is 9.84. The van der Waals surface area contributed by atoms with Crippen molar-refractivity contribution >= 4 is 16.8 Å². The van der Waals surface area contributed by atoms with Crippen molar-refractivity contribution in [2.24, 2.45) is 13.0 Å². The molecule has 0 bridgehead atoms. The summed E-state index contributed by atoms with van der Waals surface area (Å²) in [6.45, 7) is 4.68. The minimum atomic E-state index is -0.996. The van der Waals surface area contributed by atoms with Crippen LogP contribution in [0.25, 0.3) is 10.9 Å². The van der Waals surface area contributed by atoms with Gasteiger partial charge in [0, 0.05) is 55.9 Å². The third-order valence-electron chi connectivity index (χ3n) is 7.81. The average Bonchev–Trinajstić information content (AvgIpc) is 3.16. The second kappa shape index (κ2) is 11.6. The Bertz CT molecular complexity index is 1220. The van der Waals surface area contributed by atoms with Crippen LogP contribution in [0.15, 0.2) is 36.5 Å². The summed E-state index contributed by atoms with van der Waals surface area (Å²) in [5, 5.41) is 8.60. The molecule has 1 aliphatic heterocycles. The summed E-state index contributed by atoms with van der Waals surface area (Å²) in [5.41, 5.74) is 3.93. The van der Waals surface area contributed by atoms with Crippen LogP contribution in [0.3, 0.4) is 0 Å². The smallest absolute Gasteiger partial charge is 0.252 e. The molecule has 198 valence electrons. The molecule has 0 radical (unpaired) electrons. The summed E-state index contributed by atoms with van der Waals surface area (Å²) in [7, 11) is 1.88. The van der Waals surface area contributed by atoms with E-state index in [4.69, 9.17) is 4.74 Å². The van der Waals surface area contributed by atoms with Crippen LogP contribution in [0.4, 0.5) is 4.39 Å². The molecule has 5 rings (SSSR count). The molecule has 1 amide bonds. The summed E-state index contributed by atoms with van der Waals surface area (Å²) < 4.78 is 20.3. The molecule has 2 aliphatic rings. The lowest BCUT2D eigenvalue weighted by Crippen LogP contribution is -2.38. The van der Waals surface area contributed by atoms with Gasteiger partial charge in [-0.05, 0) is 75.6 Å². The maximum atomic E-state index is 13.1. The van der Waals surface area contributed by atoms with E-state index in [1.54, 1.807) is 4.68 Å². The topological polar surface area (TPSA) is 72.3 Å². The molecule has 3 heterocycles. The van der Waals surface area contributed by atoms with Gasteiger partial charge in [-0.1, -0.05) is 12.1 Å². The number of nitrogens with zero attached hydrogens (tertiary/aromatic N) is 4. The van der Waals surface area contributed by atoms with Crippen molar-refractivity contribution in [2.45, 2.75) is 64.1 Å². The number of halogens is 1. The van der Waals surface area contributed by atoms with Crippen molar-refractivity contribution < 1.29 is 13.9 Å². The molecule has 7 nitrogen and oxygen atoms in total. The van der Waals surface area contributed by atoms with Crippen molar-refractivity contribution in [1.82, 2.24) is 25.0 Å². The molecule has 1 N–H and O–H groups in total. The zero-order valence-electron chi connectivity index (χ0n) is 22.0. The molecule has 2 aromatic heterocycles. The maximum absolute atomic E-state index is 13.1. The van der Waals surface area contributed by atoms with Crippen molar-refractivity contribution in [3.05, 3.63) is 53.3 Å². The van der Waals surface area contributed by atoms with Gasteiger partial charge in [0.1, 0.15) is 12.8 Å². The predicted octanol–water partition coefficient (Wildman–Crippen LogP) is 4.48. The number of pyridine rings is 1. The largest absolute Gasteiger partial charge is 0.475 e. The number of amides is 1. The number of benzene rings is 1. The maximum Gasteiger partial charge on any atom is 0.252 e. The molecule has 37 heavy (non-hydrogen) atoms. The normalized spacial score (nSPS) is 21.3. The molecule has 1 unspecified atom stereocenters.